The smallest absolute Gasteiger partial charge is 0.298 e. The van der Waals surface area contributed by atoms with Gasteiger partial charge in [-0.25, -0.2) is 8.42 Å². The van der Waals surface area contributed by atoms with Crippen molar-refractivity contribution in [1.82, 2.24) is 9.36 Å². The Morgan fingerprint density at radius 3 is 2.48 bits per heavy atom. The zero-order valence-corrected chi connectivity index (χ0v) is 14.8. The van der Waals surface area contributed by atoms with Crippen molar-refractivity contribution in [1.29, 1.82) is 0 Å². The van der Waals surface area contributed by atoms with E-state index in [4.69, 9.17) is 4.74 Å². The molecule has 3 rings (SSSR count). The minimum Gasteiger partial charge on any atom is -0.430 e. The lowest BCUT2D eigenvalue weighted by molar-refractivity contribution is 0.478. The van der Waals surface area contributed by atoms with Gasteiger partial charge in [0.15, 0.2) is 0 Å². The van der Waals surface area contributed by atoms with Crippen LogP contribution in [0.1, 0.15) is 5.82 Å². The highest BCUT2D eigenvalue weighted by atomic mass is 32.2. The number of anilines is 1. The zero-order chi connectivity index (χ0) is 16.4. The maximum absolute atomic E-state index is 12.5. The quantitative estimate of drug-likeness (QED) is 0.690. The Kier molecular flexibility index (Phi) is 4.33. The van der Waals surface area contributed by atoms with Crippen LogP contribution in [0.15, 0.2) is 46.0 Å². The van der Waals surface area contributed by atoms with E-state index in [1.807, 2.05) is 0 Å². The number of ether oxygens (including phenoxy) is 1. The molecule has 23 heavy (non-hydrogen) atoms. The molecule has 0 saturated heterocycles. The normalized spacial score (nSPS) is 11.4. The van der Waals surface area contributed by atoms with Crippen LogP contribution >= 0.6 is 22.9 Å². The highest BCUT2D eigenvalue weighted by Crippen LogP contribution is 2.28. The second-order valence-corrected chi connectivity index (χ2v) is 8.47. The van der Waals surface area contributed by atoms with E-state index in [1.165, 1.54) is 34.2 Å². The largest absolute Gasteiger partial charge is 0.430 e. The Morgan fingerprint density at radius 1 is 1.17 bits per heavy atom. The molecule has 0 amide bonds. The number of aromatic nitrogens is 2. The molecule has 0 aliphatic rings. The number of nitrogens with zero attached hydrogens (tertiary/aromatic N) is 3. The van der Waals surface area contributed by atoms with Gasteiger partial charge in [-0.2, -0.15) is 9.36 Å². The predicted octanol–water partition coefficient (Wildman–Crippen LogP) is 3.53. The van der Waals surface area contributed by atoms with Gasteiger partial charge in [-0.15, -0.1) is 11.3 Å². The Hall–Kier alpha value is -1.97. The molecule has 6 nitrogen and oxygen atoms in total. The van der Waals surface area contributed by atoms with Crippen molar-refractivity contribution >= 4 is 38.6 Å². The molecule has 3 aromatic rings. The second-order valence-electron chi connectivity index (χ2n) is 4.61. The van der Waals surface area contributed by atoms with E-state index in [1.54, 1.807) is 48.7 Å². The van der Waals surface area contributed by atoms with E-state index >= 15 is 0 Å². The van der Waals surface area contributed by atoms with Gasteiger partial charge in [-0.05, 0) is 42.6 Å². The highest BCUT2D eigenvalue weighted by molar-refractivity contribution is 7.94. The fraction of sp³-hybridized carbons (Fsp3) is 0.143. The fourth-order valence-corrected chi connectivity index (χ4v) is 4.74. The number of sulfonamides is 1. The van der Waals surface area contributed by atoms with Crippen molar-refractivity contribution in [2.45, 2.75) is 11.1 Å². The van der Waals surface area contributed by atoms with E-state index in [0.717, 1.165) is 0 Å². The van der Waals surface area contributed by atoms with E-state index in [2.05, 4.69) is 9.36 Å². The summed E-state index contributed by atoms with van der Waals surface area (Å²) in [6, 6.07) is 10.1. The first-order valence-electron chi connectivity index (χ1n) is 6.57. The lowest BCUT2D eigenvalue weighted by Crippen LogP contribution is -2.25. The van der Waals surface area contributed by atoms with E-state index < -0.39 is 10.0 Å². The van der Waals surface area contributed by atoms with Gasteiger partial charge in [-0.3, -0.25) is 4.31 Å². The molecule has 0 aliphatic carbocycles. The molecule has 1 aromatic carbocycles. The Morgan fingerprint density at radius 2 is 1.91 bits per heavy atom. The number of hydrogen-bond donors (Lipinski definition) is 0. The molecule has 0 atom stereocenters. The second kappa shape index (κ2) is 6.26. The van der Waals surface area contributed by atoms with Crippen molar-refractivity contribution in [2.24, 2.45) is 0 Å². The molecular weight excluding hydrogens is 354 g/mol. The van der Waals surface area contributed by atoms with Crippen LogP contribution in [0.4, 0.5) is 5.69 Å². The predicted molar refractivity (Wildman–Crippen MR) is 91.1 cm³/mol. The van der Waals surface area contributed by atoms with Crippen molar-refractivity contribution < 1.29 is 13.2 Å². The van der Waals surface area contributed by atoms with Gasteiger partial charge in [0.05, 0.1) is 5.69 Å². The first-order chi connectivity index (χ1) is 11.0. The monoisotopic (exact) mass is 367 g/mol. The Labute approximate surface area is 142 Å². The Balaban J connectivity index is 1.79. The van der Waals surface area contributed by atoms with Crippen molar-refractivity contribution in [3.8, 4) is 10.9 Å². The van der Waals surface area contributed by atoms with Crippen molar-refractivity contribution in [2.75, 3.05) is 11.4 Å². The molecule has 0 fully saturated rings. The number of rotatable bonds is 5. The maximum Gasteiger partial charge on any atom is 0.298 e. The molecule has 9 heteroatoms. The first-order valence-corrected chi connectivity index (χ1v) is 9.67. The van der Waals surface area contributed by atoms with Crippen LogP contribution in [0.25, 0.3) is 0 Å². The summed E-state index contributed by atoms with van der Waals surface area (Å²) in [6.45, 7) is 1.79. The van der Waals surface area contributed by atoms with E-state index in [-0.39, 0.29) is 0 Å². The zero-order valence-electron chi connectivity index (χ0n) is 12.3. The molecule has 0 N–H and O–H groups in total. The molecule has 2 heterocycles. The fourth-order valence-electron chi connectivity index (χ4n) is 1.83. The molecule has 0 unspecified atom stereocenters. The van der Waals surface area contributed by atoms with Gasteiger partial charge >= 0.3 is 0 Å². The summed E-state index contributed by atoms with van der Waals surface area (Å²) in [6.07, 6.45) is 0. The summed E-state index contributed by atoms with van der Waals surface area (Å²) in [5, 5.41) is 2.19. The summed E-state index contributed by atoms with van der Waals surface area (Å²) in [7, 11) is -2.00. The number of benzene rings is 1. The van der Waals surface area contributed by atoms with Gasteiger partial charge in [-0.1, -0.05) is 6.07 Å². The van der Waals surface area contributed by atoms with Crippen LogP contribution in [0.3, 0.4) is 0 Å². The molecule has 0 saturated carbocycles. The summed E-state index contributed by atoms with van der Waals surface area (Å²) in [4.78, 5) is 4.12. The summed E-state index contributed by atoms with van der Waals surface area (Å²) in [5.74, 6) is 1.23. The minimum absolute atomic E-state index is 0.310. The number of aryl methyl sites for hydroxylation is 1. The number of thiophene rings is 1. The topological polar surface area (TPSA) is 72.4 Å². The van der Waals surface area contributed by atoms with Gasteiger partial charge in [0.25, 0.3) is 15.2 Å². The van der Waals surface area contributed by atoms with Crippen LogP contribution in [0, 0.1) is 6.92 Å². The van der Waals surface area contributed by atoms with Gasteiger partial charge in [0, 0.05) is 18.6 Å². The third kappa shape index (κ3) is 3.36. The van der Waals surface area contributed by atoms with Crippen LogP contribution in [0.5, 0.6) is 10.9 Å². The van der Waals surface area contributed by atoms with Crippen LogP contribution in [0.2, 0.25) is 0 Å². The molecule has 0 radical (unpaired) electrons. The van der Waals surface area contributed by atoms with Crippen LogP contribution < -0.4 is 9.04 Å². The van der Waals surface area contributed by atoms with Crippen LogP contribution in [-0.2, 0) is 10.0 Å². The summed E-state index contributed by atoms with van der Waals surface area (Å²) >= 11 is 2.36. The first kappa shape index (κ1) is 15.9. The lowest BCUT2D eigenvalue weighted by atomic mass is 10.3. The standard InChI is InChI=1S/C14H13N3O3S3/c1-10-15-14(22-16-10)20-12-7-5-11(6-8-12)17(2)23(18,19)13-4-3-9-21-13/h3-9H,1-2H3. The minimum atomic E-state index is -3.53. The third-order valence-corrected chi connectivity index (χ3v) is 6.87. The number of hydrogen-bond acceptors (Lipinski definition) is 7. The van der Waals surface area contributed by atoms with E-state index in [9.17, 15) is 8.42 Å². The van der Waals surface area contributed by atoms with Crippen molar-refractivity contribution in [3.63, 3.8) is 0 Å². The molecule has 120 valence electrons. The highest BCUT2D eigenvalue weighted by Gasteiger charge is 2.22. The molecule has 0 aliphatic heterocycles. The molecule has 0 spiro atoms. The SMILES string of the molecule is Cc1nsc(Oc2ccc(N(C)S(=O)(=O)c3cccs3)cc2)n1. The third-order valence-electron chi connectivity index (χ3n) is 3.02. The van der Waals surface area contributed by atoms with Crippen molar-refractivity contribution in [3.05, 3.63) is 47.6 Å². The summed E-state index contributed by atoms with van der Waals surface area (Å²) in [5.41, 5.74) is 0.555. The van der Waals surface area contributed by atoms with Crippen LogP contribution in [-0.4, -0.2) is 24.8 Å². The summed E-state index contributed by atoms with van der Waals surface area (Å²) < 4.78 is 36.1. The molecular formula is C14H13N3O3S3. The average molecular weight is 367 g/mol. The lowest BCUT2D eigenvalue weighted by Gasteiger charge is -2.18. The Bertz CT molecular complexity index is 887. The van der Waals surface area contributed by atoms with Gasteiger partial charge < -0.3 is 4.74 Å². The van der Waals surface area contributed by atoms with E-state index in [0.29, 0.717) is 26.7 Å². The molecule has 2 aromatic heterocycles. The maximum atomic E-state index is 12.5. The molecule has 0 bridgehead atoms. The average Bonchev–Trinajstić information content (AvgIpc) is 3.19. The van der Waals surface area contributed by atoms with Gasteiger partial charge in [0.2, 0.25) is 0 Å². The van der Waals surface area contributed by atoms with Gasteiger partial charge in [0.1, 0.15) is 15.8 Å².